The molecule has 0 spiro atoms. The minimum atomic E-state index is -3.55. The lowest BCUT2D eigenvalue weighted by molar-refractivity contribution is -0.155. The zero-order valence-electron chi connectivity index (χ0n) is 40.6. The van der Waals surface area contributed by atoms with Crippen LogP contribution in [0.15, 0.2) is 54.7 Å². The first-order chi connectivity index (χ1) is 32.2. The summed E-state index contributed by atoms with van der Waals surface area (Å²) in [5.41, 5.74) is 9.41. The number of benzene rings is 2. The number of aromatic nitrogens is 2. The van der Waals surface area contributed by atoms with E-state index in [0.717, 1.165) is 39.0 Å². The molecule has 6 atom stereocenters. The molecule has 4 aromatic rings. The molecule has 3 amide bonds. The van der Waals surface area contributed by atoms with Crippen molar-refractivity contribution >= 4 is 44.6 Å². The van der Waals surface area contributed by atoms with Gasteiger partial charge >= 0.3 is 5.97 Å². The maximum atomic E-state index is 14.7. The molecular weight excluding hydrogens is 889 g/mol. The number of fused-ring (bicyclic) bond motifs is 6. The van der Waals surface area contributed by atoms with E-state index >= 15 is 0 Å². The van der Waals surface area contributed by atoms with E-state index < -0.39 is 68.6 Å². The Bertz CT molecular complexity index is 2720. The molecule has 2 aromatic heterocycles. The Labute approximate surface area is 399 Å². The van der Waals surface area contributed by atoms with Crippen LogP contribution in [0.1, 0.15) is 77.3 Å². The lowest BCUT2D eigenvalue weighted by Crippen LogP contribution is -2.63. The molecule has 0 radical (unpaired) electrons. The van der Waals surface area contributed by atoms with Gasteiger partial charge in [0.25, 0.3) is 5.91 Å². The molecule has 17 nitrogen and oxygen atoms in total. The number of aromatic hydroxyl groups is 1. The summed E-state index contributed by atoms with van der Waals surface area (Å²) in [6, 6.07) is 12.3. The number of phenolic OH excluding ortho intramolecular Hbond substituents is 1. The van der Waals surface area contributed by atoms with Crippen LogP contribution in [0.4, 0.5) is 0 Å². The third-order valence-electron chi connectivity index (χ3n) is 14.0. The Balaban J connectivity index is 1.17. The number of aryl methyl sites for hydroxylation is 1. The van der Waals surface area contributed by atoms with Crippen LogP contribution in [-0.4, -0.2) is 143 Å². The van der Waals surface area contributed by atoms with Gasteiger partial charge in [-0.25, -0.2) is 13.8 Å². The highest BCUT2D eigenvalue weighted by Crippen LogP contribution is 2.42. The maximum Gasteiger partial charge on any atom is 0.324 e. The van der Waals surface area contributed by atoms with Crippen LogP contribution in [0, 0.1) is 17.3 Å². The van der Waals surface area contributed by atoms with Crippen molar-refractivity contribution in [3.63, 3.8) is 0 Å². The number of rotatable bonds is 11. The fourth-order valence-electron chi connectivity index (χ4n) is 10.2. The van der Waals surface area contributed by atoms with Crippen molar-refractivity contribution in [2.24, 2.45) is 17.3 Å². The Kier molecular flexibility index (Phi) is 13.8. The molecule has 68 heavy (non-hydrogen) atoms. The van der Waals surface area contributed by atoms with Crippen LogP contribution in [0.2, 0.25) is 0 Å². The fourth-order valence-corrected chi connectivity index (χ4v) is 12.2. The largest absolute Gasteiger partial charge is 0.508 e. The van der Waals surface area contributed by atoms with Crippen LogP contribution in [0.25, 0.3) is 33.3 Å². The third kappa shape index (κ3) is 9.62. The van der Waals surface area contributed by atoms with E-state index in [-0.39, 0.29) is 50.4 Å². The smallest absolute Gasteiger partial charge is 0.324 e. The third-order valence-corrected chi connectivity index (χ3v) is 16.3. The average molecular weight is 955 g/mol. The number of hydrazine groups is 1. The van der Waals surface area contributed by atoms with Gasteiger partial charge in [-0.3, -0.25) is 34.1 Å². The van der Waals surface area contributed by atoms with E-state index in [1.165, 1.54) is 21.3 Å². The lowest BCUT2D eigenvalue weighted by Gasteiger charge is -2.41. The number of phenols is 1. The molecule has 3 saturated heterocycles. The second-order valence-corrected chi connectivity index (χ2v) is 22.2. The Morgan fingerprint density at radius 2 is 1.81 bits per heavy atom. The Morgan fingerprint density at radius 1 is 1.07 bits per heavy atom. The number of nitrogens with zero attached hydrogens (tertiary/aromatic N) is 6. The molecule has 0 saturated carbocycles. The zero-order valence-corrected chi connectivity index (χ0v) is 41.4. The summed E-state index contributed by atoms with van der Waals surface area (Å²) in [6.45, 7) is 13.3. The van der Waals surface area contributed by atoms with Crippen LogP contribution >= 0.6 is 0 Å². The van der Waals surface area contributed by atoms with Crippen LogP contribution < -0.4 is 10.7 Å². The topological polar surface area (TPSA) is 196 Å². The van der Waals surface area contributed by atoms with Crippen molar-refractivity contribution in [3.05, 3.63) is 71.5 Å². The van der Waals surface area contributed by atoms with Gasteiger partial charge in [-0.15, -0.1) is 0 Å². The van der Waals surface area contributed by atoms with Gasteiger partial charge in [-0.1, -0.05) is 39.8 Å². The van der Waals surface area contributed by atoms with Gasteiger partial charge in [-0.05, 0) is 105 Å². The van der Waals surface area contributed by atoms with Gasteiger partial charge in [-0.2, -0.15) is 4.31 Å². The number of sulfonamides is 1. The molecule has 4 aliphatic rings. The molecule has 366 valence electrons. The number of hydrogen-bond donors (Lipinski definition) is 3. The normalized spacial score (nSPS) is 23.4. The number of carbonyl (C=O) groups is 4. The first-order valence-electron chi connectivity index (χ1n) is 23.7. The van der Waals surface area contributed by atoms with Crippen molar-refractivity contribution < 1.29 is 42.2 Å². The number of ether oxygens (including phenoxy) is 2. The van der Waals surface area contributed by atoms with Gasteiger partial charge in [0.1, 0.15) is 29.2 Å². The maximum absolute atomic E-state index is 14.7. The van der Waals surface area contributed by atoms with Gasteiger partial charge < -0.3 is 29.4 Å². The number of carbonyl (C=O) groups excluding carboxylic acids is 4. The number of amides is 3. The molecule has 6 bridgehead atoms. The number of nitrogens with one attached hydrogen (secondary N) is 2. The highest BCUT2D eigenvalue weighted by Gasteiger charge is 2.51. The van der Waals surface area contributed by atoms with Gasteiger partial charge in [0.05, 0.1) is 30.0 Å². The number of cyclic esters (lactones) is 1. The molecule has 6 heterocycles. The van der Waals surface area contributed by atoms with Gasteiger partial charge in [0, 0.05) is 81.4 Å². The summed E-state index contributed by atoms with van der Waals surface area (Å²) >= 11 is 0. The number of likely N-dealkylation sites (N-methyl/N-ethyl adjacent to an activating group) is 2. The molecule has 0 aliphatic carbocycles. The van der Waals surface area contributed by atoms with E-state index in [1.807, 2.05) is 25.1 Å². The first kappa shape index (κ1) is 49.0. The molecule has 3 fully saturated rings. The summed E-state index contributed by atoms with van der Waals surface area (Å²) in [5.74, 6) is -2.97. The number of hydrogen-bond acceptors (Lipinski definition) is 12. The van der Waals surface area contributed by atoms with Gasteiger partial charge in [0.15, 0.2) is 0 Å². The molecule has 3 N–H and O–H groups in total. The predicted octanol–water partition coefficient (Wildman–Crippen LogP) is 4.47. The Morgan fingerprint density at radius 3 is 2.49 bits per heavy atom. The number of pyridine rings is 1. The van der Waals surface area contributed by atoms with E-state index in [0.29, 0.717) is 43.5 Å². The summed E-state index contributed by atoms with van der Waals surface area (Å²) in [6.07, 6.45) is 2.89. The van der Waals surface area contributed by atoms with Crippen molar-refractivity contribution in [3.8, 4) is 28.1 Å². The molecular formula is C50H66N8O9S. The zero-order chi connectivity index (χ0) is 49.0. The highest BCUT2D eigenvalue weighted by molar-refractivity contribution is 7.90. The Hall–Kier alpha value is -5.40. The molecule has 2 unspecified atom stereocenters. The predicted molar refractivity (Wildman–Crippen MR) is 257 cm³/mol. The van der Waals surface area contributed by atoms with Gasteiger partial charge in [0.2, 0.25) is 21.8 Å². The van der Waals surface area contributed by atoms with Crippen LogP contribution in [0.5, 0.6) is 5.75 Å². The van der Waals surface area contributed by atoms with Crippen molar-refractivity contribution in [1.29, 1.82) is 0 Å². The van der Waals surface area contributed by atoms with Crippen LogP contribution in [0.3, 0.4) is 0 Å². The highest BCUT2D eigenvalue weighted by atomic mass is 32.2. The minimum absolute atomic E-state index is 0.0274. The summed E-state index contributed by atoms with van der Waals surface area (Å²) in [5, 5.41) is 16.1. The van der Waals surface area contributed by atoms with E-state index in [2.05, 4.69) is 54.3 Å². The van der Waals surface area contributed by atoms with E-state index in [4.69, 9.17) is 14.5 Å². The number of esters is 1. The second-order valence-electron chi connectivity index (χ2n) is 20.1. The van der Waals surface area contributed by atoms with Crippen molar-refractivity contribution in [2.45, 2.75) is 103 Å². The van der Waals surface area contributed by atoms with Crippen molar-refractivity contribution in [2.75, 3.05) is 54.0 Å². The molecule has 2 aromatic carbocycles. The molecule has 18 heteroatoms. The first-order valence-corrected chi connectivity index (χ1v) is 25.2. The second kappa shape index (κ2) is 19.2. The molecule has 4 aliphatic heterocycles. The lowest BCUT2D eigenvalue weighted by atomic mass is 9.84. The number of methoxy groups -OCH3 is 1. The summed E-state index contributed by atoms with van der Waals surface area (Å²) in [4.78, 5) is 64.9. The average Bonchev–Trinajstić information content (AvgIpc) is 3.97. The fraction of sp³-hybridized carbons (Fsp3) is 0.540. The monoisotopic (exact) mass is 954 g/mol. The van der Waals surface area contributed by atoms with E-state index in [1.54, 1.807) is 51.2 Å². The van der Waals surface area contributed by atoms with Crippen molar-refractivity contribution in [1.82, 2.24) is 39.4 Å². The molecule has 8 rings (SSSR count). The van der Waals surface area contributed by atoms with Crippen LogP contribution in [-0.2, 0) is 58.1 Å². The SMILES string of the molecule is CCn1c(-c2cccnc2[C@H](C)OC)c2c3cc(ccc31)-c1cc(O)cc(c1)C[C@H](NC(=O)C(C(C)C)N(C)C(=O)C1CN(S(=O)(=O)[C@@H]3CN3C)C1)C(=O)N1CCC[C@H](N1)C(=O)OCC(C)(C)C2. The summed E-state index contributed by atoms with van der Waals surface area (Å²) in [7, 11) is 1.38. The van der Waals surface area contributed by atoms with E-state index in [9.17, 15) is 32.7 Å². The quantitative estimate of drug-likeness (QED) is 0.141. The standard InChI is InChI=1S/C50H66N8O9S/c1-10-57-41-16-15-32-23-37(41)38(45(57)36-13-11-17-51-43(36)30(4)66-9)24-50(5,6)28-67-49(63)39-14-12-18-58(53-39)48(62)40(21-31-19-33(32)22-35(59)20-31)52-46(60)44(29(2)3)55(8)47(61)34-25-56(26-34)68(64,65)42-27-54(42)7/h11,13,15-17,19-20,22-23,29-30,34,39-40,42,44,53,59H,10,12,14,18,21,24-28H2,1-9H3,(H,52,60)/t30-,39-,40-,42+,44?,54?/m0/s1. The summed E-state index contributed by atoms with van der Waals surface area (Å²) < 4.78 is 41.4. The minimum Gasteiger partial charge on any atom is -0.508 e.